The molecule has 4 heteroatoms. The fourth-order valence-electron chi connectivity index (χ4n) is 1.82. The molecule has 1 rings (SSSR count). The van der Waals surface area contributed by atoms with Crippen LogP contribution in [0.4, 0.5) is 0 Å². The average Bonchev–Trinajstić information content (AvgIpc) is 2.31. The van der Waals surface area contributed by atoms with E-state index in [9.17, 15) is 9.90 Å². The highest BCUT2D eigenvalue weighted by molar-refractivity contribution is 5.66. The van der Waals surface area contributed by atoms with E-state index in [1.54, 1.807) is 0 Å². The summed E-state index contributed by atoms with van der Waals surface area (Å²) in [5.74, 6) is -0.164. The lowest BCUT2D eigenvalue weighted by Crippen LogP contribution is -2.04. The van der Waals surface area contributed by atoms with Gasteiger partial charge in [0.25, 0.3) is 0 Å². The van der Waals surface area contributed by atoms with E-state index in [1.165, 1.54) is 0 Å². The van der Waals surface area contributed by atoms with E-state index in [-0.39, 0.29) is 6.42 Å². The molecule has 0 aliphatic carbocycles. The monoisotopic (exact) mass is 252 g/mol. The van der Waals surface area contributed by atoms with Gasteiger partial charge in [-0.1, -0.05) is 11.6 Å². The zero-order valence-electron chi connectivity index (χ0n) is 10.8. The van der Waals surface area contributed by atoms with E-state index in [2.05, 4.69) is 0 Å². The standard InChI is InChI=1S/C14H20O4/c1-3-18-13-8-7-10(2)9-11(13)12(15)5-4-6-14(16)17/h7-9,12,15H,3-6H2,1-2H3,(H,16,17). The Morgan fingerprint density at radius 3 is 2.78 bits per heavy atom. The highest BCUT2D eigenvalue weighted by atomic mass is 16.5. The number of hydrogen-bond acceptors (Lipinski definition) is 3. The molecular weight excluding hydrogens is 232 g/mol. The molecule has 0 spiro atoms. The SMILES string of the molecule is CCOc1ccc(C)cc1C(O)CCCC(=O)O. The predicted molar refractivity (Wildman–Crippen MR) is 68.8 cm³/mol. The van der Waals surface area contributed by atoms with Gasteiger partial charge in [-0.05, 0) is 38.8 Å². The molecule has 1 aromatic carbocycles. The molecule has 4 nitrogen and oxygen atoms in total. The first-order valence-electron chi connectivity index (χ1n) is 6.17. The number of aliphatic hydroxyl groups is 1. The molecule has 0 aromatic heterocycles. The van der Waals surface area contributed by atoms with E-state index >= 15 is 0 Å². The minimum Gasteiger partial charge on any atom is -0.493 e. The molecule has 0 aliphatic rings. The van der Waals surface area contributed by atoms with Crippen molar-refractivity contribution in [2.75, 3.05) is 6.61 Å². The van der Waals surface area contributed by atoms with Gasteiger partial charge in [-0.2, -0.15) is 0 Å². The van der Waals surface area contributed by atoms with Crippen LogP contribution >= 0.6 is 0 Å². The molecule has 1 atom stereocenters. The topological polar surface area (TPSA) is 66.8 Å². The van der Waals surface area contributed by atoms with Crippen molar-refractivity contribution in [3.05, 3.63) is 29.3 Å². The molecule has 100 valence electrons. The number of ether oxygens (including phenoxy) is 1. The fraction of sp³-hybridized carbons (Fsp3) is 0.500. The van der Waals surface area contributed by atoms with Crippen LogP contribution in [0.15, 0.2) is 18.2 Å². The molecule has 0 radical (unpaired) electrons. The second kappa shape index (κ2) is 7.01. The minimum atomic E-state index is -0.837. The number of rotatable bonds is 7. The number of benzene rings is 1. The summed E-state index contributed by atoms with van der Waals surface area (Å²) in [5, 5.41) is 18.7. The summed E-state index contributed by atoms with van der Waals surface area (Å²) in [6.07, 6.45) is 0.282. The number of hydrogen-bond donors (Lipinski definition) is 2. The van der Waals surface area contributed by atoms with Gasteiger partial charge in [0.2, 0.25) is 0 Å². The molecule has 1 aromatic rings. The van der Waals surface area contributed by atoms with Crippen LogP contribution in [0.2, 0.25) is 0 Å². The van der Waals surface area contributed by atoms with Gasteiger partial charge in [-0.3, -0.25) is 4.79 Å². The zero-order chi connectivity index (χ0) is 13.5. The molecular formula is C14H20O4. The van der Waals surface area contributed by atoms with Gasteiger partial charge in [0.05, 0.1) is 12.7 Å². The normalized spacial score (nSPS) is 12.2. The van der Waals surface area contributed by atoms with E-state index in [0.29, 0.717) is 25.2 Å². The summed E-state index contributed by atoms with van der Waals surface area (Å²) in [6, 6.07) is 5.66. The molecule has 0 heterocycles. The lowest BCUT2D eigenvalue weighted by atomic mass is 10.0. The Balaban J connectivity index is 2.72. The first-order chi connectivity index (χ1) is 8.54. The molecule has 0 saturated carbocycles. The minimum absolute atomic E-state index is 0.0762. The van der Waals surface area contributed by atoms with Gasteiger partial charge in [-0.25, -0.2) is 0 Å². The lowest BCUT2D eigenvalue weighted by Gasteiger charge is -2.16. The van der Waals surface area contributed by atoms with Crippen LogP contribution in [0, 0.1) is 6.92 Å². The lowest BCUT2D eigenvalue weighted by molar-refractivity contribution is -0.137. The number of aryl methyl sites for hydroxylation is 1. The maximum atomic E-state index is 10.4. The first kappa shape index (κ1) is 14.5. The molecule has 0 saturated heterocycles. The van der Waals surface area contributed by atoms with Crippen molar-refractivity contribution < 1.29 is 19.7 Å². The van der Waals surface area contributed by atoms with Crippen molar-refractivity contribution in [1.82, 2.24) is 0 Å². The number of aliphatic carboxylic acids is 1. The van der Waals surface area contributed by atoms with Crippen LogP contribution in [-0.4, -0.2) is 22.8 Å². The summed E-state index contributed by atoms with van der Waals surface area (Å²) in [6.45, 7) is 4.38. The van der Waals surface area contributed by atoms with Crippen molar-refractivity contribution in [2.45, 2.75) is 39.2 Å². The highest BCUT2D eigenvalue weighted by Crippen LogP contribution is 2.29. The number of aliphatic hydroxyl groups excluding tert-OH is 1. The summed E-state index contributed by atoms with van der Waals surface area (Å²) in [7, 11) is 0. The highest BCUT2D eigenvalue weighted by Gasteiger charge is 2.14. The Morgan fingerprint density at radius 1 is 1.44 bits per heavy atom. The Labute approximate surface area is 107 Å². The van der Waals surface area contributed by atoms with Crippen LogP contribution in [0.25, 0.3) is 0 Å². The van der Waals surface area contributed by atoms with Crippen LogP contribution in [0.3, 0.4) is 0 Å². The van der Waals surface area contributed by atoms with Crippen LogP contribution < -0.4 is 4.74 Å². The Hall–Kier alpha value is -1.55. The van der Waals surface area contributed by atoms with Crippen LogP contribution in [-0.2, 0) is 4.79 Å². The smallest absolute Gasteiger partial charge is 0.303 e. The number of carboxylic acids is 1. The van der Waals surface area contributed by atoms with Gasteiger partial charge >= 0.3 is 5.97 Å². The summed E-state index contributed by atoms with van der Waals surface area (Å²) in [4.78, 5) is 10.4. The summed E-state index contributed by atoms with van der Waals surface area (Å²) >= 11 is 0. The molecule has 1 unspecified atom stereocenters. The second-order valence-corrected chi connectivity index (χ2v) is 4.28. The summed E-state index contributed by atoms with van der Waals surface area (Å²) in [5.41, 5.74) is 1.79. The average molecular weight is 252 g/mol. The maximum absolute atomic E-state index is 10.4. The molecule has 0 fully saturated rings. The largest absolute Gasteiger partial charge is 0.493 e. The van der Waals surface area contributed by atoms with Crippen LogP contribution in [0.5, 0.6) is 5.75 Å². The van der Waals surface area contributed by atoms with Gasteiger partial charge in [0, 0.05) is 12.0 Å². The Kier molecular flexibility index (Phi) is 5.65. The third-order valence-electron chi connectivity index (χ3n) is 2.69. The second-order valence-electron chi connectivity index (χ2n) is 4.28. The molecule has 2 N–H and O–H groups in total. The third kappa shape index (κ3) is 4.37. The quantitative estimate of drug-likeness (QED) is 0.783. The van der Waals surface area contributed by atoms with Gasteiger partial charge in [0.15, 0.2) is 0 Å². The van der Waals surface area contributed by atoms with Crippen molar-refractivity contribution in [3.63, 3.8) is 0 Å². The van der Waals surface area contributed by atoms with Gasteiger partial charge < -0.3 is 14.9 Å². The van der Waals surface area contributed by atoms with E-state index in [0.717, 1.165) is 11.1 Å². The first-order valence-corrected chi connectivity index (χ1v) is 6.17. The van der Waals surface area contributed by atoms with E-state index < -0.39 is 12.1 Å². The van der Waals surface area contributed by atoms with Crippen LogP contribution in [0.1, 0.15) is 43.4 Å². The van der Waals surface area contributed by atoms with Crippen molar-refractivity contribution in [3.8, 4) is 5.75 Å². The van der Waals surface area contributed by atoms with Crippen molar-refractivity contribution >= 4 is 5.97 Å². The number of carbonyl (C=O) groups is 1. The van der Waals surface area contributed by atoms with E-state index in [1.807, 2.05) is 32.0 Å². The van der Waals surface area contributed by atoms with Gasteiger partial charge in [-0.15, -0.1) is 0 Å². The maximum Gasteiger partial charge on any atom is 0.303 e. The molecule has 0 bridgehead atoms. The third-order valence-corrected chi connectivity index (χ3v) is 2.69. The molecule has 0 aliphatic heterocycles. The Bertz CT molecular complexity index is 401. The fourth-order valence-corrected chi connectivity index (χ4v) is 1.82. The molecule has 18 heavy (non-hydrogen) atoms. The predicted octanol–water partition coefficient (Wildman–Crippen LogP) is 2.68. The number of carboxylic acid groups (broad SMARTS) is 1. The van der Waals surface area contributed by atoms with Crippen molar-refractivity contribution in [1.29, 1.82) is 0 Å². The van der Waals surface area contributed by atoms with Gasteiger partial charge in [0.1, 0.15) is 5.75 Å². The Morgan fingerprint density at radius 2 is 2.17 bits per heavy atom. The van der Waals surface area contributed by atoms with Crippen molar-refractivity contribution in [2.24, 2.45) is 0 Å². The molecule has 0 amide bonds. The zero-order valence-corrected chi connectivity index (χ0v) is 10.8. The van der Waals surface area contributed by atoms with E-state index in [4.69, 9.17) is 9.84 Å². The summed E-state index contributed by atoms with van der Waals surface area (Å²) < 4.78 is 5.46.